The van der Waals surface area contributed by atoms with Crippen molar-refractivity contribution >= 4 is 29.1 Å². The van der Waals surface area contributed by atoms with Gasteiger partial charge in [0, 0.05) is 17.6 Å². The molecule has 0 aromatic heterocycles. The van der Waals surface area contributed by atoms with Gasteiger partial charge in [-0.3, -0.25) is 9.59 Å². The number of carbonyl (C=O) groups is 2. The molecule has 0 bridgehead atoms. The van der Waals surface area contributed by atoms with E-state index in [-0.39, 0.29) is 19.0 Å². The smallest absolute Gasteiger partial charge is 0.314 e. The van der Waals surface area contributed by atoms with E-state index in [1.807, 2.05) is 0 Å². The van der Waals surface area contributed by atoms with Crippen LogP contribution in [0, 0.1) is 12.7 Å². The van der Waals surface area contributed by atoms with Gasteiger partial charge in [-0.15, -0.1) is 0 Å². The molecule has 1 fully saturated rings. The van der Waals surface area contributed by atoms with Crippen molar-refractivity contribution in [2.75, 3.05) is 32.1 Å². The summed E-state index contributed by atoms with van der Waals surface area (Å²) in [6.45, 7) is 2.56. The van der Waals surface area contributed by atoms with Crippen LogP contribution in [0.2, 0.25) is 5.02 Å². The summed E-state index contributed by atoms with van der Waals surface area (Å²) in [6, 6.07) is 9.11. The van der Waals surface area contributed by atoms with Gasteiger partial charge >= 0.3 is 11.8 Å². The van der Waals surface area contributed by atoms with Crippen LogP contribution < -0.4 is 10.1 Å². The monoisotopic (exact) mass is 406 g/mol. The normalized spacial score (nSPS) is 16.6. The van der Waals surface area contributed by atoms with Crippen LogP contribution in [-0.2, 0) is 14.3 Å². The number of nitrogens with zero attached hydrogens (tertiary/aromatic N) is 1. The van der Waals surface area contributed by atoms with E-state index in [2.05, 4.69) is 5.32 Å². The third kappa shape index (κ3) is 4.43. The Morgan fingerprint density at radius 2 is 2.00 bits per heavy atom. The molecule has 1 heterocycles. The van der Waals surface area contributed by atoms with Crippen molar-refractivity contribution < 1.29 is 23.5 Å². The Kier molecular flexibility index (Phi) is 6.16. The fourth-order valence-electron chi connectivity index (χ4n) is 2.96. The summed E-state index contributed by atoms with van der Waals surface area (Å²) in [7, 11) is 1.45. The molecule has 0 saturated carbocycles. The quantitative estimate of drug-likeness (QED) is 0.794. The van der Waals surface area contributed by atoms with Crippen LogP contribution in [0.3, 0.4) is 0 Å². The number of methoxy groups -OCH3 is 1. The summed E-state index contributed by atoms with van der Waals surface area (Å²) in [5.41, 5.74) is 1.85. The fourth-order valence-corrected chi connectivity index (χ4v) is 3.12. The molecule has 1 aliphatic rings. The van der Waals surface area contributed by atoms with Gasteiger partial charge in [-0.1, -0.05) is 23.7 Å². The first-order chi connectivity index (χ1) is 13.4. The second-order valence-corrected chi connectivity index (χ2v) is 6.83. The van der Waals surface area contributed by atoms with Gasteiger partial charge in [0.1, 0.15) is 17.7 Å². The number of nitrogens with one attached hydrogen (secondary N) is 1. The molecule has 8 heteroatoms. The maximum atomic E-state index is 13.1. The lowest BCUT2D eigenvalue weighted by Crippen LogP contribution is -2.46. The van der Waals surface area contributed by atoms with E-state index in [4.69, 9.17) is 21.1 Å². The van der Waals surface area contributed by atoms with Gasteiger partial charge in [-0.05, 0) is 36.2 Å². The summed E-state index contributed by atoms with van der Waals surface area (Å²) in [5, 5.41) is 3.08. The first-order valence-electron chi connectivity index (χ1n) is 8.70. The Labute approximate surface area is 167 Å². The highest BCUT2D eigenvalue weighted by Gasteiger charge is 2.29. The third-order valence-electron chi connectivity index (χ3n) is 4.52. The number of carbonyl (C=O) groups excluding carboxylic acids is 2. The number of morpholine rings is 1. The van der Waals surface area contributed by atoms with Crippen LogP contribution in [0.1, 0.15) is 17.2 Å². The lowest BCUT2D eigenvalue weighted by molar-refractivity contribution is -0.148. The summed E-state index contributed by atoms with van der Waals surface area (Å²) >= 11 is 6.06. The summed E-state index contributed by atoms with van der Waals surface area (Å²) in [5.74, 6) is -1.44. The zero-order valence-electron chi connectivity index (χ0n) is 15.5. The molecule has 6 nitrogen and oxygen atoms in total. The molecule has 148 valence electrons. The SMILES string of the molecule is COc1cc(Cl)c(C)cc1NC(=O)C(=O)N1CCO[C@H](c2ccc(F)cc2)C1. The summed E-state index contributed by atoms with van der Waals surface area (Å²) in [4.78, 5) is 26.5. The third-order valence-corrected chi connectivity index (χ3v) is 4.93. The van der Waals surface area contributed by atoms with E-state index >= 15 is 0 Å². The van der Waals surface area contributed by atoms with Crippen LogP contribution in [-0.4, -0.2) is 43.5 Å². The van der Waals surface area contributed by atoms with E-state index in [9.17, 15) is 14.0 Å². The van der Waals surface area contributed by atoms with E-state index in [1.165, 1.54) is 24.1 Å². The number of amides is 2. The van der Waals surface area contributed by atoms with Crippen LogP contribution >= 0.6 is 11.6 Å². The minimum atomic E-state index is -0.778. The van der Waals surface area contributed by atoms with Crippen molar-refractivity contribution in [1.82, 2.24) is 4.90 Å². The average molecular weight is 407 g/mol. The molecule has 2 aromatic carbocycles. The maximum absolute atomic E-state index is 13.1. The Bertz CT molecular complexity index is 889. The highest BCUT2D eigenvalue weighted by atomic mass is 35.5. The van der Waals surface area contributed by atoms with E-state index < -0.39 is 17.9 Å². The zero-order valence-corrected chi connectivity index (χ0v) is 16.3. The molecule has 1 saturated heterocycles. The van der Waals surface area contributed by atoms with Crippen LogP contribution in [0.25, 0.3) is 0 Å². The van der Waals surface area contributed by atoms with E-state index in [0.29, 0.717) is 23.0 Å². The molecule has 0 unspecified atom stereocenters. The zero-order chi connectivity index (χ0) is 20.3. The fraction of sp³-hybridized carbons (Fsp3) is 0.300. The van der Waals surface area contributed by atoms with Gasteiger partial charge in [0.25, 0.3) is 0 Å². The Hall–Kier alpha value is -2.64. The number of benzene rings is 2. The second-order valence-electron chi connectivity index (χ2n) is 6.42. The number of halogens is 2. The molecular formula is C20H20ClFN2O4. The van der Waals surface area contributed by atoms with Gasteiger partial charge < -0.3 is 19.7 Å². The largest absolute Gasteiger partial charge is 0.495 e. The number of anilines is 1. The standard InChI is InChI=1S/C20H20ClFN2O4/c1-12-9-16(17(27-2)10-15(12)21)23-19(25)20(26)24-7-8-28-18(11-24)13-3-5-14(22)6-4-13/h3-6,9-10,18H,7-8,11H2,1-2H3,(H,23,25)/t18-/m0/s1. The van der Waals surface area contributed by atoms with Crippen LogP contribution in [0.15, 0.2) is 36.4 Å². The number of ether oxygens (including phenoxy) is 2. The minimum Gasteiger partial charge on any atom is -0.495 e. The minimum absolute atomic E-state index is 0.203. The summed E-state index contributed by atoms with van der Waals surface area (Å²) < 4.78 is 24.0. The lowest BCUT2D eigenvalue weighted by atomic mass is 10.1. The molecule has 2 amide bonds. The topological polar surface area (TPSA) is 67.9 Å². The summed E-state index contributed by atoms with van der Waals surface area (Å²) in [6.07, 6.45) is -0.418. The number of aryl methyl sites for hydroxylation is 1. The second kappa shape index (κ2) is 8.58. The van der Waals surface area contributed by atoms with E-state index in [0.717, 1.165) is 11.1 Å². The van der Waals surface area contributed by atoms with Gasteiger partial charge in [0.2, 0.25) is 0 Å². The predicted octanol–water partition coefficient (Wildman–Crippen LogP) is 3.33. The van der Waals surface area contributed by atoms with Crippen molar-refractivity contribution in [3.05, 3.63) is 58.4 Å². The molecule has 0 spiro atoms. The first kappa shape index (κ1) is 20.1. The molecule has 28 heavy (non-hydrogen) atoms. The van der Waals surface area contributed by atoms with Crippen molar-refractivity contribution in [2.45, 2.75) is 13.0 Å². The van der Waals surface area contributed by atoms with Crippen molar-refractivity contribution in [2.24, 2.45) is 0 Å². The Balaban J connectivity index is 1.70. The molecule has 0 radical (unpaired) electrons. The number of hydrogen-bond donors (Lipinski definition) is 1. The lowest BCUT2D eigenvalue weighted by Gasteiger charge is -2.32. The number of rotatable bonds is 3. The van der Waals surface area contributed by atoms with Crippen molar-refractivity contribution in [3.8, 4) is 5.75 Å². The van der Waals surface area contributed by atoms with E-state index in [1.54, 1.807) is 31.2 Å². The molecule has 1 N–H and O–H groups in total. The van der Waals surface area contributed by atoms with Crippen LogP contribution in [0.4, 0.5) is 10.1 Å². The highest BCUT2D eigenvalue weighted by molar-refractivity contribution is 6.39. The maximum Gasteiger partial charge on any atom is 0.314 e. The molecular weight excluding hydrogens is 387 g/mol. The molecule has 1 atom stereocenters. The van der Waals surface area contributed by atoms with Crippen molar-refractivity contribution in [3.63, 3.8) is 0 Å². The Morgan fingerprint density at radius 1 is 1.29 bits per heavy atom. The van der Waals surface area contributed by atoms with Gasteiger partial charge in [-0.2, -0.15) is 0 Å². The van der Waals surface area contributed by atoms with Crippen LogP contribution in [0.5, 0.6) is 5.75 Å². The predicted molar refractivity (Wildman–Crippen MR) is 103 cm³/mol. The number of hydrogen-bond acceptors (Lipinski definition) is 4. The average Bonchev–Trinajstić information content (AvgIpc) is 2.70. The molecule has 1 aliphatic heterocycles. The Morgan fingerprint density at radius 3 is 2.68 bits per heavy atom. The van der Waals surface area contributed by atoms with Gasteiger partial charge in [0.15, 0.2) is 0 Å². The first-order valence-corrected chi connectivity index (χ1v) is 9.08. The molecule has 2 aromatic rings. The van der Waals surface area contributed by atoms with Gasteiger partial charge in [0.05, 0.1) is 25.9 Å². The van der Waals surface area contributed by atoms with Crippen molar-refractivity contribution in [1.29, 1.82) is 0 Å². The molecule has 3 rings (SSSR count). The van der Waals surface area contributed by atoms with Gasteiger partial charge in [-0.25, -0.2) is 4.39 Å². The highest BCUT2D eigenvalue weighted by Crippen LogP contribution is 2.31. The molecule has 0 aliphatic carbocycles.